The second-order valence-electron chi connectivity index (χ2n) is 6.73. The van der Waals surface area contributed by atoms with Crippen LogP contribution in [-0.4, -0.2) is 10.2 Å². The molecule has 3 nitrogen and oxygen atoms in total. The predicted molar refractivity (Wildman–Crippen MR) is 104 cm³/mol. The Kier molecular flexibility index (Phi) is 4.85. The molecule has 1 aromatic heterocycles. The Morgan fingerprint density at radius 1 is 0.733 bits per heavy atom. The zero-order valence-electron chi connectivity index (χ0n) is 15.6. The minimum absolute atomic E-state index is 0.278. The lowest BCUT2D eigenvalue weighted by atomic mass is 10.1. The molecule has 1 heterocycles. The first kappa shape index (κ1) is 19.8. The predicted octanol–water partition coefficient (Wildman–Crippen LogP) is 6.71. The summed E-state index contributed by atoms with van der Waals surface area (Å²) in [5.41, 5.74) is -0.295. The number of nitrogens with zero attached hydrogens (tertiary/aromatic N) is 3. The van der Waals surface area contributed by atoms with Gasteiger partial charge in [0.25, 0.3) is 0 Å². The van der Waals surface area contributed by atoms with Crippen LogP contribution in [-0.2, 0) is 6.18 Å². The van der Waals surface area contributed by atoms with Gasteiger partial charge in [0.15, 0.2) is 0 Å². The average Bonchev–Trinajstić information content (AvgIpc) is 2.70. The molecule has 3 aromatic carbocycles. The number of alkyl halides is 3. The molecule has 8 heteroatoms. The molecule has 0 bridgehead atoms. The topological polar surface area (TPSA) is 29.0 Å². The molecule has 0 aliphatic heterocycles. The number of aromatic nitrogens is 2. The van der Waals surface area contributed by atoms with Crippen molar-refractivity contribution in [3.63, 3.8) is 0 Å². The van der Waals surface area contributed by atoms with E-state index < -0.39 is 23.4 Å². The third-order valence-corrected chi connectivity index (χ3v) is 4.69. The molecule has 0 saturated carbocycles. The van der Waals surface area contributed by atoms with E-state index in [-0.39, 0.29) is 5.69 Å². The molecule has 0 amide bonds. The number of rotatable bonds is 3. The van der Waals surface area contributed by atoms with Crippen LogP contribution < -0.4 is 4.90 Å². The van der Waals surface area contributed by atoms with Crippen LogP contribution in [0.4, 0.5) is 39.0 Å². The largest absolute Gasteiger partial charge is 0.418 e. The Balaban J connectivity index is 2.02. The maximum absolute atomic E-state index is 13.8. The van der Waals surface area contributed by atoms with Gasteiger partial charge in [-0.2, -0.15) is 23.4 Å². The SMILES string of the molecule is Cc1cc(F)ccc1N(c1ccc2cnncc2c1)c1ccc(F)cc1C(F)(F)F. The van der Waals surface area contributed by atoms with Crippen molar-refractivity contribution in [2.75, 3.05) is 4.90 Å². The summed E-state index contributed by atoms with van der Waals surface area (Å²) in [4.78, 5) is 1.33. The second-order valence-corrected chi connectivity index (χ2v) is 6.73. The molecule has 0 spiro atoms. The van der Waals surface area contributed by atoms with E-state index in [1.165, 1.54) is 35.5 Å². The Bertz CT molecular complexity index is 1240. The molecule has 0 atom stereocenters. The van der Waals surface area contributed by atoms with Gasteiger partial charge in [0.05, 0.1) is 23.6 Å². The normalized spacial score (nSPS) is 11.7. The van der Waals surface area contributed by atoms with E-state index >= 15 is 0 Å². The van der Waals surface area contributed by atoms with Gasteiger partial charge < -0.3 is 4.90 Å². The van der Waals surface area contributed by atoms with Gasteiger partial charge in [0, 0.05) is 22.1 Å². The lowest BCUT2D eigenvalue weighted by molar-refractivity contribution is -0.137. The summed E-state index contributed by atoms with van der Waals surface area (Å²) in [6.45, 7) is 1.59. The minimum atomic E-state index is -4.80. The molecule has 0 aliphatic carbocycles. The number of aryl methyl sites for hydroxylation is 1. The number of halogens is 5. The van der Waals surface area contributed by atoms with Crippen molar-refractivity contribution in [2.45, 2.75) is 13.1 Å². The van der Waals surface area contributed by atoms with Crippen molar-refractivity contribution in [3.05, 3.63) is 89.8 Å². The molecule has 0 radical (unpaired) electrons. The quantitative estimate of drug-likeness (QED) is 0.349. The highest BCUT2D eigenvalue weighted by Gasteiger charge is 2.36. The lowest BCUT2D eigenvalue weighted by Crippen LogP contribution is -2.18. The standard InChI is InChI=1S/C22H14F5N3/c1-13-8-16(23)3-6-20(13)30(18-5-2-14-11-28-29-12-15(14)9-18)21-7-4-17(24)10-19(21)22(25,26)27/h2-12H,1H3. The highest BCUT2D eigenvalue weighted by molar-refractivity contribution is 5.89. The fourth-order valence-corrected chi connectivity index (χ4v) is 3.33. The van der Waals surface area contributed by atoms with E-state index in [1.807, 2.05) is 0 Å². The fourth-order valence-electron chi connectivity index (χ4n) is 3.33. The molecule has 0 N–H and O–H groups in total. The third kappa shape index (κ3) is 3.68. The van der Waals surface area contributed by atoms with Gasteiger partial charge in [-0.25, -0.2) is 8.78 Å². The van der Waals surface area contributed by atoms with Crippen LogP contribution in [0.2, 0.25) is 0 Å². The Hall–Kier alpha value is -3.55. The van der Waals surface area contributed by atoms with Gasteiger partial charge in [-0.3, -0.25) is 0 Å². The van der Waals surface area contributed by atoms with Crippen molar-refractivity contribution < 1.29 is 22.0 Å². The highest BCUT2D eigenvalue weighted by Crippen LogP contribution is 2.44. The lowest BCUT2D eigenvalue weighted by Gasteiger charge is -2.29. The summed E-state index contributed by atoms with van der Waals surface area (Å²) in [5, 5.41) is 9.00. The van der Waals surface area contributed by atoms with E-state index in [4.69, 9.17) is 0 Å². The second kappa shape index (κ2) is 7.37. The van der Waals surface area contributed by atoms with Gasteiger partial charge >= 0.3 is 6.18 Å². The van der Waals surface area contributed by atoms with Gasteiger partial charge in [-0.15, -0.1) is 0 Å². The van der Waals surface area contributed by atoms with Crippen LogP contribution >= 0.6 is 0 Å². The van der Waals surface area contributed by atoms with E-state index in [0.29, 0.717) is 28.4 Å². The number of benzene rings is 3. The zero-order chi connectivity index (χ0) is 21.5. The van der Waals surface area contributed by atoms with Crippen molar-refractivity contribution >= 4 is 27.8 Å². The summed E-state index contributed by atoms with van der Waals surface area (Å²) in [7, 11) is 0. The Morgan fingerprint density at radius 3 is 2.03 bits per heavy atom. The molecular formula is C22H14F5N3. The van der Waals surface area contributed by atoms with Crippen LogP contribution in [0.15, 0.2) is 67.0 Å². The van der Waals surface area contributed by atoms with Crippen molar-refractivity contribution in [3.8, 4) is 0 Å². The first-order valence-electron chi connectivity index (χ1n) is 8.87. The molecule has 4 rings (SSSR count). The van der Waals surface area contributed by atoms with E-state index in [9.17, 15) is 22.0 Å². The molecule has 0 saturated heterocycles. The first-order chi connectivity index (χ1) is 14.2. The monoisotopic (exact) mass is 415 g/mol. The van der Waals surface area contributed by atoms with Gasteiger partial charge in [0.1, 0.15) is 11.6 Å². The summed E-state index contributed by atoms with van der Waals surface area (Å²) in [5.74, 6) is -1.52. The highest BCUT2D eigenvalue weighted by atomic mass is 19.4. The van der Waals surface area contributed by atoms with E-state index in [0.717, 1.165) is 17.5 Å². The smallest absolute Gasteiger partial charge is 0.310 e. The number of fused-ring (bicyclic) bond motifs is 1. The Morgan fingerprint density at radius 2 is 1.37 bits per heavy atom. The first-order valence-corrected chi connectivity index (χ1v) is 8.87. The van der Waals surface area contributed by atoms with Gasteiger partial charge in [0.2, 0.25) is 0 Å². The van der Waals surface area contributed by atoms with Gasteiger partial charge in [-0.1, -0.05) is 6.07 Å². The van der Waals surface area contributed by atoms with Crippen molar-refractivity contribution in [1.82, 2.24) is 10.2 Å². The summed E-state index contributed by atoms with van der Waals surface area (Å²) < 4.78 is 68.7. The van der Waals surface area contributed by atoms with Crippen LogP contribution in [0, 0.1) is 18.6 Å². The maximum atomic E-state index is 13.8. The number of anilines is 3. The van der Waals surface area contributed by atoms with Crippen LogP contribution in [0.3, 0.4) is 0 Å². The molecule has 30 heavy (non-hydrogen) atoms. The third-order valence-electron chi connectivity index (χ3n) is 4.69. The van der Waals surface area contributed by atoms with Crippen LogP contribution in [0.25, 0.3) is 10.8 Å². The molecule has 152 valence electrons. The summed E-state index contributed by atoms with van der Waals surface area (Å²) >= 11 is 0. The van der Waals surface area contributed by atoms with E-state index in [2.05, 4.69) is 10.2 Å². The molecule has 0 fully saturated rings. The summed E-state index contributed by atoms with van der Waals surface area (Å²) in [6.07, 6.45) is -1.78. The van der Waals surface area contributed by atoms with Crippen molar-refractivity contribution in [2.24, 2.45) is 0 Å². The zero-order valence-corrected chi connectivity index (χ0v) is 15.6. The average molecular weight is 415 g/mol. The number of hydrogen-bond donors (Lipinski definition) is 0. The van der Waals surface area contributed by atoms with Crippen LogP contribution in [0.1, 0.15) is 11.1 Å². The van der Waals surface area contributed by atoms with Gasteiger partial charge in [-0.05, 0) is 61.0 Å². The maximum Gasteiger partial charge on any atom is 0.418 e. The molecular weight excluding hydrogens is 401 g/mol. The molecule has 4 aromatic rings. The van der Waals surface area contributed by atoms with Crippen molar-refractivity contribution in [1.29, 1.82) is 0 Å². The molecule has 0 aliphatic rings. The minimum Gasteiger partial charge on any atom is -0.310 e. The fraction of sp³-hybridized carbons (Fsp3) is 0.0909. The van der Waals surface area contributed by atoms with Crippen LogP contribution in [0.5, 0.6) is 0 Å². The Labute approximate surface area is 168 Å². The summed E-state index contributed by atoms with van der Waals surface area (Å²) in [6, 6.07) is 11.2. The van der Waals surface area contributed by atoms with E-state index in [1.54, 1.807) is 25.1 Å². The number of hydrogen-bond acceptors (Lipinski definition) is 3. The molecule has 0 unspecified atom stereocenters.